The summed E-state index contributed by atoms with van der Waals surface area (Å²) in [5, 5.41) is 8.81. The zero-order valence-corrected chi connectivity index (χ0v) is 9.81. The van der Waals surface area contributed by atoms with E-state index in [1.807, 2.05) is 13.0 Å². The molecule has 0 radical (unpaired) electrons. The second-order valence-electron chi connectivity index (χ2n) is 3.79. The molecule has 2 aromatic rings. The second-order valence-corrected chi connectivity index (χ2v) is 3.79. The maximum atomic E-state index is 13.4. The van der Waals surface area contributed by atoms with Crippen molar-refractivity contribution in [3.63, 3.8) is 0 Å². The zero-order valence-electron chi connectivity index (χ0n) is 9.81. The minimum atomic E-state index is -0.473. The van der Waals surface area contributed by atoms with Gasteiger partial charge in [0.15, 0.2) is 0 Å². The van der Waals surface area contributed by atoms with Gasteiger partial charge in [-0.05, 0) is 18.2 Å². The van der Waals surface area contributed by atoms with Crippen molar-refractivity contribution in [1.29, 1.82) is 5.26 Å². The van der Waals surface area contributed by atoms with Crippen molar-refractivity contribution in [2.24, 2.45) is 0 Å². The molecule has 0 amide bonds. The summed E-state index contributed by atoms with van der Waals surface area (Å²) in [7, 11) is 0. The van der Waals surface area contributed by atoms with Crippen molar-refractivity contribution in [2.75, 3.05) is 5.73 Å². The van der Waals surface area contributed by atoms with Crippen molar-refractivity contribution in [3.05, 3.63) is 41.5 Å². The Balaban J connectivity index is 2.58. The van der Waals surface area contributed by atoms with Crippen LogP contribution in [0.1, 0.15) is 18.3 Å². The van der Waals surface area contributed by atoms with Gasteiger partial charge in [0, 0.05) is 18.1 Å². The van der Waals surface area contributed by atoms with Gasteiger partial charge in [-0.25, -0.2) is 14.4 Å². The number of anilines is 1. The first-order valence-corrected chi connectivity index (χ1v) is 5.47. The van der Waals surface area contributed by atoms with E-state index in [9.17, 15) is 4.39 Å². The van der Waals surface area contributed by atoms with Crippen LogP contribution in [0.2, 0.25) is 0 Å². The molecule has 0 unspecified atom stereocenters. The normalized spacial score (nSPS) is 10.1. The molecule has 0 aliphatic carbocycles. The molecule has 18 heavy (non-hydrogen) atoms. The molecule has 1 heterocycles. The monoisotopic (exact) mass is 242 g/mol. The summed E-state index contributed by atoms with van der Waals surface area (Å²) in [6.45, 7) is 1.91. The molecule has 0 atom stereocenters. The molecule has 0 saturated carbocycles. The number of nitrogens with zero attached hydrogens (tertiary/aromatic N) is 3. The van der Waals surface area contributed by atoms with Crippen LogP contribution < -0.4 is 5.73 Å². The maximum Gasteiger partial charge on any atom is 0.131 e. The van der Waals surface area contributed by atoms with Crippen molar-refractivity contribution in [2.45, 2.75) is 13.3 Å². The van der Waals surface area contributed by atoms with E-state index in [1.165, 1.54) is 12.1 Å². The van der Waals surface area contributed by atoms with Gasteiger partial charge in [0.1, 0.15) is 17.5 Å². The summed E-state index contributed by atoms with van der Waals surface area (Å²) < 4.78 is 13.4. The number of nitrogen functional groups attached to an aromatic ring is 1. The Morgan fingerprint density at radius 3 is 2.72 bits per heavy atom. The molecule has 2 rings (SSSR count). The molecule has 0 aliphatic rings. The number of nitrogens with two attached hydrogens (primary N) is 1. The van der Waals surface area contributed by atoms with Gasteiger partial charge in [0.25, 0.3) is 0 Å². The summed E-state index contributed by atoms with van der Waals surface area (Å²) in [4.78, 5) is 8.32. The third-order valence-electron chi connectivity index (χ3n) is 2.43. The quantitative estimate of drug-likeness (QED) is 0.876. The lowest BCUT2D eigenvalue weighted by Gasteiger charge is -2.05. The predicted octanol–water partition coefficient (Wildman–Crippen LogP) is 2.30. The third-order valence-corrected chi connectivity index (χ3v) is 2.43. The number of aromatic nitrogens is 2. The van der Waals surface area contributed by atoms with Crippen LogP contribution in [0.3, 0.4) is 0 Å². The van der Waals surface area contributed by atoms with Crippen LogP contribution in [-0.4, -0.2) is 9.97 Å². The Morgan fingerprint density at radius 2 is 2.06 bits per heavy atom. The van der Waals surface area contributed by atoms with E-state index >= 15 is 0 Å². The van der Waals surface area contributed by atoms with Crippen LogP contribution in [-0.2, 0) is 6.42 Å². The Hall–Kier alpha value is -2.48. The molecule has 0 aliphatic heterocycles. The number of rotatable bonds is 2. The van der Waals surface area contributed by atoms with Gasteiger partial charge in [0.2, 0.25) is 0 Å². The van der Waals surface area contributed by atoms with Gasteiger partial charge in [-0.3, -0.25) is 0 Å². The lowest BCUT2D eigenvalue weighted by atomic mass is 10.1. The Bertz CT molecular complexity index is 631. The Kier molecular flexibility index (Phi) is 3.20. The fourth-order valence-electron chi connectivity index (χ4n) is 1.63. The zero-order chi connectivity index (χ0) is 13.1. The van der Waals surface area contributed by atoms with Crippen LogP contribution >= 0.6 is 0 Å². The molecule has 5 heteroatoms. The highest BCUT2D eigenvalue weighted by atomic mass is 19.1. The smallest absolute Gasteiger partial charge is 0.131 e. The molecular weight excluding hydrogens is 231 g/mol. The fraction of sp³-hybridized carbons (Fsp3) is 0.154. The molecule has 1 aromatic carbocycles. The Morgan fingerprint density at radius 1 is 1.28 bits per heavy atom. The maximum absolute atomic E-state index is 13.4. The van der Waals surface area contributed by atoms with Gasteiger partial charge in [-0.15, -0.1) is 0 Å². The highest BCUT2D eigenvalue weighted by molar-refractivity contribution is 5.63. The van der Waals surface area contributed by atoms with E-state index in [0.29, 0.717) is 29.3 Å². The largest absolute Gasteiger partial charge is 0.384 e. The number of halogens is 1. The Labute approximate surface area is 104 Å². The van der Waals surface area contributed by atoms with E-state index in [-0.39, 0.29) is 5.56 Å². The molecule has 0 fully saturated rings. The number of hydrogen-bond donors (Lipinski definition) is 1. The summed E-state index contributed by atoms with van der Waals surface area (Å²) in [5.74, 6) is 0.451. The van der Waals surface area contributed by atoms with E-state index in [2.05, 4.69) is 9.97 Å². The first kappa shape index (κ1) is 12.0. The third kappa shape index (κ3) is 2.43. The molecule has 0 saturated heterocycles. The average molecular weight is 242 g/mol. The van der Waals surface area contributed by atoms with Crippen LogP contribution in [0, 0.1) is 17.1 Å². The van der Waals surface area contributed by atoms with Crippen molar-refractivity contribution < 1.29 is 4.39 Å². The summed E-state index contributed by atoms with van der Waals surface area (Å²) in [6, 6.07) is 7.54. The summed E-state index contributed by atoms with van der Waals surface area (Å²) in [6.07, 6.45) is 0.637. The van der Waals surface area contributed by atoms with E-state index in [4.69, 9.17) is 11.0 Å². The van der Waals surface area contributed by atoms with Gasteiger partial charge in [-0.2, -0.15) is 5.26 Å². The topological polar surface area (TPSA) is 75.6 Å². The van der Waals surface area contributed by atoms with Crippen LogP contribution in [0.25, 0.3) is 11.3 Å². The average Bonchev–Trinajstić information content (AvgIpc) is 2.37. The van der Waals surface area contributed by atoms with Crippen molar-refractivity contribution in [1.82, 2.24) is 9.97 Å². The first-order valence-electron chi connectivity index (χ1n) is 5.47. The molecule has 1 aromatic heterocycles. The van der Waals surface area contributed by atoms with Gasteiger partial charge >= 0.3 is 0 Å². The van der Waals surface area contributed by atoms with Crippen LogP contribution in [0.15, 0.2) is 24.3 Å². The highest BCUT2D eigenvalue weighted by Gasteiger charge is 2.07. The first-order chi connectivity index (χ1) is 8.62. The van der Waals surface area contributed by atoms with E-state index < -0.39 is 5.82 Å². The number of hydrogen-bond acceptors (Lipinski definition) is 4. The van der Waals surface area contributed by atoms with Crippen LogP contribution in [0.4, 0.5) is 10.2 Å². The molecule has 0 bridgehead atoms. The SMILES string of the molecule is CCc1nc(N)cc(-c2cc(F)cc(C#N)c2)n1. The fourth-order valence-corrected chi connectivity index (χ4v) is 1.63. The minimum absolute atomic E-state index is 0.250. The van der Waals surface area contributed by atoms with Gasteiger partial charge < -0.3 is 5.73 Å². The molecule has 4 nitrogen and oxygen atoms in total. The highest BCUT2D eigenvalue weighted by Crippen LogP contribution is 2.21. The molecule has 2 N–H and O–H groups in total. The predicted molar refractivity (Wildman–Crippen MR) is 65.9 cm³/mol. The number of benzene rings is 1. The van der Waals surface area contributed by atoms with E-state index in [1.54, 1.807) is 12.1 Å². The van der Waals surface area contributed by atoms with Crippen LogP contribution in [0.5, 0.6) is 0 Å². The lowest BCUT2D eigenvalue weighted by Crippen LogP contribution is -2.00. The van der Waals surface area contributed by atoms with Gasteiger partial charge in [0.05, 0.1) is 17.3 Å². The van der Waals surface area contributed by atoms with Crippen molar-refractivity contribution >= 4 is 5.82 Å². The summed E-state index contributed by atoms with van der Waals surface area (Å²) in [5.41, 5.74) is 6.97. The standard InChI is InChI=1S/C13H11FN4/c1-2-13-17-11(6-12(16)18-13)9-3-8(7-15)4-10(14)5-9/h3-6H,2H2,1H3,(H2,16,17,18). The molecule has 90 valence electrons. The minimum Gasteiger partial charge on any atom is -0.384 e. The number of nitriles is 1. The lowest BCUT2D eigenvalue weighted by molar-refractivity contribution is 0.627. The van der Waals surface area contributed by atoms with Crippen molar-refractivity contribution in [3.8, 4) is 17.3 Å². The molecular formula is C13H11FN4. The molecule has 0 spiro atoms. The van der Waals surface area contributed by atoms with E-state index in [0.717, 1.165) is 0 Å². The second kappa shape index (κ2) is 4.80. The summed E-state index contributed by atoms with van der Waals surface area (Å²) >= 11 is 0. The van der Waals surface area contributed by atoms with Gasteiger partial charge in [-0.1, -0.05) is 6.92 Å². The number of aryl methyl sites for hydroxylation is 1.